The third-order valence-corrected chi connectivity index (χ3v) is 8.55. The van der Waals surface area contributed by atoms with Gasteiger partial charge in [0, 0.05) is 43.1 Å². The van der Waals surface area contributed by atoms with Gasteiger partial charge in [-0.05, 0) is 81.4 Å². The zero-order chi connectivity index (χ0) is 25.4. The lowest BCUT2D eigenvalue weighted by atomic mass is 9.88. The highest BCUT2D eigenvalue weighted by atomic mass is 16.5. The smallest absolute Gasteiger partial charge is 0.325 e. The van der Waals surface area contributed by atoms with E-state index < -0.39 is 12.0 Å². The predicted octanol–water partition coefficient (Wildman–Crippen LogP) is 4.04. The van der Waals surface area contributed by atoms with Crippen molar-refractivity contribution in [2.24, 2.45) is 11.8 Å². The number of aromatic nitrogens is 1. The van der Waals surface area contributed by atoms with Crippen LogP contribution in [-0.4, -0.2) is 64.0 Å². The molecule has 3 fully saturated rings. The van der Waals surface area contributed by atoms with Gasteiger partial charge < -0.3 is 14.7 Å². The van der Waals surface area contributed by atoms with Crippen LogP contribution in [0.15, 0.2) is 36.4 Å². The van der Waals surface area contributed by atoms with Crippen LogP contribution >= 0.6 is 0 Å². The second kappa shape index (κ2) is 10.4. The molecule has 2 aliphatic heterocycles. The summed E-state index contributed by atoms with van der Waals surface area (Å²) in [6.07, 6.45) is 10.0. The van der Waals surface area contributed by atoms with Crippen LogP contribution in [0.1, 0.15) is 67.1 Å². The van der Waals surface area contributed by atoms with E-state index in [1.165, 1.54) is 29.8 Å². The molecule has 4 aliphatic rings. The number of rotatable bonds is 8. The number of aliphatic carboxylic acids is 1. The van der Waals surface area contributed by atoms with Crippen LogP contribution in [0, 0.1) is 11.8 Å². The van der Waals surface area contributed by atoms with Gasteiger partial charge in [0.25, 0.3) is 0 Å². The van der Waals surface area contributed by atoms with Gasteiger partial charge in [-0.3, -0.25) is 19.5 Å². The molecular formula is C30H37N3O4. The van der Waals surface area contributed by atoms with Gasteiger partial charge in [0.1, 0.15) is 11.8 Å². The topological polar surface area (TPSA) is 83.0 Å². The molecule has 1 aromatic heterocycles. The molecule has 0 bridgehead atoms. The first-order chi connectivity index (χ1) is 18.0. The van der Waals surface area contributed by atoms with Crippen LogP contribution in [0.2, 0.25) is 0 Å². The highest BCUT2D eigenvalue weighted by Gasteiger charge is 2.43. The van der Waals surface area contributed by atoms with Crippen LogP contribution in [-0.2, 0) is 28.9 Å². The molecule has 2 saturated heterocycles. The van der Waals surface area contributed by atoms with E-state index in [-0.39, 0.29) is 17.9 Å². The standard InChI is InChI=1S/C30H37N3O4/c34-29(32-15-13-20(14-16-32)17-23-10-9-21-5-1-3-7-26(21)31-23)22-18-33(19-22)28(30(35)36)25-6-2-4-8-27(25)37-24-11-12-24/h2,4,6,8-10,20,22,24,28H,1,3,5,7,11-19H2,(H,35,36)/t28-/m1/s1. The van der Waals surface area contributed by atoms with Crippen molar-refractivity contribution in [3.63, 3.8) is 0 Å². The number of carbonyl (C=O) groups excluding carboxylic acids is 1. The quantitative estimate of drug-likeness (QED) is 0.586. The van der Waals surface area contributed by atoms with Crippen molar-refractivity contribution in [1.82, 2.24) is 14.8 Å². The third kappa shape index (κ3) is 5.37. The molecule has 7 nitrogen and oxygen atoms in total. The Morgan fingerprint density at radius 2 is 1.76 bits per heavy atom. The minimum Gasteiger partial charge on any atom is -0.490 e. The lowest BCUT2D eigenvalue weighted by Gasteiger charge is -2.44. The molecule has 1 aromatic carbocycles. The second-order valence-electron chi connectivity index (χ2n) is 11.3. The molecule has 0 radical (unpaired) electrons. The van der Waals surface area contributed by atoms with Gasteiger partial charge in [-0.2, -0.15) is 0 Å². The van der Waals surface area contributed by atoms with Gasteiger partial charge in [-0.15, -0.1) is 0 Å². The first-order valence-corrected chi connectivity index (χ1v) is 14.0. The summed E-state index contributed by atoms with van der Waals surface area (Å²) in [5, 5.41) is 10.0. The minimum atomic E-state index is -0.894. The van der Waals surface area contributed by atoms with Crippen molar-refractivity contribution < 1.29 is 19.4 Å². The number of ether oxygens (including phenoxy) is 1. The molecule has 1 atom stereocenters. The maximum Gasteiger partial charge on any atom is 0.325 e. The summed E-state index contributed by atoms with van der Waals surface area (Å²) >= 11 is 0. The highest BCUT2D eigenvalue weighted by molar-refractivity contribution is 5.82. The molecule has 196 valence electrons. The van der Waals surface area contributed by atoms with E-state index in [9.17, 15) is 14.7 Å². The van der Waals surface area contributed by atoms with Gasteiger partial charge in [-0.1, -0.05) is 24.3 Å². The number of benzene rings is 1. The maximum absolute atomic E-state index is 13.2. The van der Waals surface area contributed by atoms with Crippen molar-refractivity contribution >= 4 is 11.9 Å². The van der Waals surface area contributed by atoms with E-state index in [4.69, 9.17) is 9.72 Å². The number of carbonyl (C=O) groups is 2. The van der Waals surface area contributed by atoms with E-state index >= 15 is 0 Å². The molecule has 0 spiro atoms. The van der Waals surface area contributed by atoms with E-state index in [1.54, 1.807) is 0 Å². The average molecular weight is 504 g/mol. The number of nitrogens with zero attached hydrogens (tertiary/aromatic N) is 3. The summed E-state index contributed by atoms with van der Waals surface area (Å²) in [5.41, 5.74) is 4.61. The first kappa shape index (κ1) is 24.4. The number of carboxylic acids is 1. The van der Waals surface area contributed by atoms with E-state index in [2.05, 4.69) is 12.1 Å². The van der Waals surface area contributed by atoms with Crippen LogP contribution in [0.3, 0.4) is 0 Å². The van der Waals surface area contributed by atoms with Crippen LogP contribution < -0.4 is 4.74 Å². The molecule has 3 heterocycles. The fourth-order valence-corrected chi connectivity index (χ4v) is 6.20. The number of amides is 1. The fourth-order valence-electron chi connectivity index (χ4n) is 6.20. The Morgan fingerprint density at radius 1 is 1.00 bits per heavy atom. The number of likely N-dealkylation sites (tertiary alicyclic amines) is 2. The number of fused-ring (bicyclic) bond motifs is 1. The summed E-state index contributed by atoms with van der Waals surface area (Å²) in [7, 11) is 0. The van der Waals surface area contributed by atoms with Gasteiger partial charge in [-0.25, -0.2) is 0 Å². The van der Waals surface area contributed by atoms with Crippen LogP contribution in [0.4, 0.5) is 0 Å². The number of hydrogen-bond acceptors (Lipinski definition) is 5. The first-order valence-electron chi connectivity index (χ1n) is 14.0. The fraction of sp³-hybridized carbons (Fsp3) is 0.567. The Bertz CT molecular complexity index is 1150. The molecule has 6 rings (SSSR count). The summed E-state index contributed by atoms with van der Waals surface area (Å²) in [6.45, 7) is 2.52. The van der Waals surface area contributed by atoms with Crippen molar-refractivity contribution in [3.05, 3.63) is 58.9 Å². The molecule has 2 aromatic rings. The molecule has 37 heavy (non-hydrogen) atoms. The Kier molecular flexibility index (Phi) is 6.89. The minimum absolute atomic E-state index is 0.128. The largest absolute Gasteiger partial charge is 0.490 e. The molecular weight excluding hydrogens is 466 g/mol. The van der Waals surface area contributed by atoms with E-state index in [1.807, 2.05) is 34.1 Å². The second-order valence-corrected chi connectivity index (χ2v) is 11.3. The molecule has 1 amide bonds. The maximum atomic E-state index is 13.2. The average Bonchev–Trinajstić information content (AvgIpc) is 3.70. The summed E-state index contributed by atoms with van der Waals surface area (Å²) in [4.78, 5) is 34.3. The van der Waals surface area contributed by atoms with Crippen molar-refractivity contribution in [1.29, 1.82) is 0 Å². The molecule has 1 N–H and O–H groups in total. The Hall–Kier alpha value is -2.93. The van der Waals surface area contributed by atoms with Gasteiger partial charge in [0.05, 0.1) is 12.0 Å². The monoisotopic (exact) mass is 503 g/mol. The molecule has 7 heteroatoms. The lowest BCUT2D eigenvalue weighted by Crippen LogP contribution is -2.57. The number of carboxylic acid groups (broad SMARTS) is 1. The van der Waals surface area contributed by atoms with Crippen molar-refractivity contribution in [2.75, 3.05) is 26.2 Å². The Morgan fingerprint density at radius 3 is 2.51 bits per heavy atom. The number of pyridine rings is 1. The van der Waals surface area contributed by atoms with E-state index in [0.717, 1.165) is 58.0 Å². The molecule has 1 saturated carbocycles. The Balaban J connectivity index is 1.01. The number of aryl methyl sites for hydroxylation is 2. The molecule has 0 unspecified atom stereocenters. The zero-order valence-electron chi connectivity index (χ0n) is 21.5. The predicted molar refractivity (Wildman–Crippen MR) is 139 cm³/mol. The number of hydrogen-bond donors (Lipinski definition) is 1. The van der Waals surface area contributed by atoms with Crippen LogP contribution in [0.25, 0.3) is 0 Å². The van der Waals surface area contributed by atoms with Gasteiger partial charge in [0.15, 0.2) is 0 Å². The molecule has 2 aliphatic carbocycles. The normalized spacial score (nSPS) is 21.7. The van der Waals surface area contributed by atoms with Gasteiger partial charge in [0.2, 0.25) is 5.91 Å². The third-order valence-electron chi connectivity index (χ3n) is 8.55. The summed E-state index contributed by atoms with van der Waals surface area (Å²) < 4.78 is 5.99. The number of para-hydroxylation sites is 1. The zero-order valence-corrected chi connectivity index (χ0v) is 21.5. The lowest BCUT2D eigenvalue weighted by molar-refractivity contribution is -0.153. The summed E-state index contributed by atoms with van der Waals surface area (Å²) in [5.74, 6) is 0.373. The Labute approximate surface area is 218 Å². The van der Waals surface area contributed by atoms with Crippen molar-refractivity contribution in [3.8, 4) is 5.75 Å². The number of piperidine rings is 1. The summed E-state index contributed by atoms with van der Waals surface area (Å²) in [6, 6.07) is 11.1. The van der Waals surface area contributed by atoms with E-state index in [0.29, 0.717) is 30.3 Å². The van der Waals surface area contributed by atoms with Crippen molar-refractivity contribution in [2.45, 2.75) is 69.9 Å². The highest BCUT2D eigenvalue weighted by Crippen LogP contribution is 2.37. The van der Waals surface area contributed by atoms with Crippen LogP contribution in [0.5, 0.6) is 5.75 Å². The van der Waals surface area contributed by atoms with Gasteiger partial charge >= 0.3 is 5.97 Å². The SMILES string of the molecule is O=C(O)[C@@H](c1ccccc1OC1CC1)N1CC(C(=O)N2CCC(Cc3ccc4c(n3)CCCC4)CC2)C1.